The fraction of sp³-hybridized carbons (Fsp3) is 0.913. The molecule has 0 radical (unpaired) electrons. The Morgan fingerprint density at radius 2 is 0.627 bits per heavy atom. The standard InChI is InChI=1S/C69H133NO5/c1-3-5-7-9-11-13-15-17-19-21-23-24-25-26-27-29-30-33-37-41-45-49-53-57-61-67(72)66(65-71)70-68(73)62-58-54-50-46-42-38-34-32-36-40-44-48-52-56-60-64-75-69(74)63-59-55-51-47-43-39-35-31-28-22-20-18-16-14-12-10-8-6-4-2/h18,20,57,61,66-67,71-72H,3-17,19,21-56,58-60,62-65H2,1-2H3,(H,70,73)/b20-18-,61-57+. The van der Waals surface area contributed by atoms with Crippen molar-refractivity contribution in [2.24, 2.45) is 0 Å². The van der Waals surface area contributed by atoms with Crippen LogP contribution < -0.4 is 5.32 Å². The van der Waals surface area contributed by atoms with E-state index in [2.05, 4.69) is 31.3 Å². The fourth-order valence-corrected chi connectivity index (χ4v) is 10.7. The predicted octanol–water partition coefficient (Wildman–Crippen LogP) is 21.8. The van der Waals surface area contributed by atoms with Crippen molar-refractivity contribution in [2.45, 2.75) is 392 Å². The quantitative estimate of drug-likeness (QED) is 0.0320. The van der Waals surface area contributed by atoms with E-state index in [9.17, 15) is 19.8 Å². The average molecular weight is 1060 g/mol. The van der Waals surface area contributed by atoms with E-state index in [1.54, 1.807) is 6.08 Å². The van der Waals surface area contributed by atoms with Gasteiger partial charge >= 0.3 is 5.97 Å². The summed E-state index contributed by atoms with van der Waals surface area (Å²) in [6.07, 6.45) is 80.9. The molecule has 0 bridgehead atoms. The number of nitrogens with one attached hydrogen (secondary N) is 1. The van der Waals surface area contributed by atoms with Crippen LogP contribution in [0, 0.1) is 0 Å². The van der Waals surface area contributed by atoms with Crippen LogP contribution in [-0.2, 0) is 14.3 Å². The van der Waals surface area contributed by atoms with Gasteiger partial charge in [-0.1, -0.05) is 334 Å². The van der Waals surface area contributed by atoms with Crippen LogP contribution in [0.2, 0.25) is 0 Å². The van der Waals surface area contributed by atoms with Crippen molar-refractivity contribution >= 4 is 11.9 Å². The molecule has 3 N–H and O–H groups in total. The molecule has 0 saturated heterocycles. The lowest BCUT2D eigenvalue weighted by molar-refractivity contribution is -0.143. The summed E-state index contributed by atoms with van der Waals surface area (Å²) in [6.45, 7) is 4.92. The van der Waals surface area contributed by atoms with E-state index >= 15 is 0 Å². The Morgan fingerprint density at radius 1 is 0.360 bits per heavy atom. The normalized spacial score (nSPS) is 12.6. The van der Waals surface area contributed by atoms with Crippen LogP contribution in [0.1, 0.15) is 380 Å². The molecule has 444 valence electrons. The molecular weight excluding hydrogens is 923 g/mol. The number of unbranched alkanes of at least 4 members (excludes halogenated alkanes) is 51. The van der Waals surface area contributed by atoms with Crippen LogP contribution in [0.4, 0.5) is 0 Å². The highest BCUT2D eigenvalue weighted by atomic mass is 16.5. The Hall–Kier alpha value is -1.66. The summed E-state index contributed by atoms with van der Waals surface area (Å²) in [4.78, 5) is 24.6. The number of rotatable bonds is 64. The molecule has 0 heterocycles. The molecule has 6 heteroatoms. The van der Waals surface area contributed by atoms with Crippen molar-refractivity contribution in [2.75, 3.05) is 13.2 Å². The molecule has 0 rings (SSSR count). The van der Waals surface area contributed by atoms with Gasteiger partial charge in [0, 0.05) is 12.8 Å². The van der Waals surface area contributed by atoms with Gasteiger partial charge in [0.2, 0.25) is 5.91 Å². The third-order valence-electron chi connectivity index (χ3n) is 16.0. The van der Waals surface area contributed by atoms with Gasteiger partial charge in [0.1, 0.15) is 0 Å². The number of aliphatic hydroxyl groups is 2. The second-order valence-electron chi connectivity index (χ2n) is 23.5. The molecule has 0 aromatic carbocycles. The zero-order valence-corrected chi connectivity index (χ0v) is 50.8. The van der Waals surface area contributed by atoms with E-state index in [0.717, 1.165) is 51.4 Å². The maximum absolute atomic E-state index is 12.5. The molecule has 0 aromatic heterocycles. The second-order valence-corrected chi connectivity index (χ2v) is 23.5. The SMILES string of the molecule is CCCCCCCC/C=C\CCCCCCCCCCCC(=O)OCCCCCCCCCCCCCCCCCC(=O)NC(CO)C(O)/C=C/CCCCCCCCCCCCCCCCCCCCCCCC. The van der Waals surface area contributed by atoms with E-state index in [1.165, 1.54) is 302 Å². The van der Waals surface area contributed by atoms with Gasteiger partial charge in [-0.15, -0.1) is 0 Å². The molecule has 0 aromatic rings. The van der Waals surface area contributed by atoms with E-state index in [-0.39, 0.29) is 18.5 Å². The molecule has 75 heavy (non-hydrogen) atoms. The van der Waals surface area contributed by atoms with Gasteiger partial charge in [-0.2, -0.15) is 0 Å². The lowest BCUT2D eigenvalue weighted by Crippen LogP contribution is -2.45. The van der Waals surface area contributed by atoms with Crippen LogP contribution >= 0.6 is 0 Å². The molecular formula is C69H133NO5. The zero-order chi connectivity index (χ0) is 54.3. The predicted molar refractivity (Wildman–Crippen MR) is 329 cm³/mol. The average Bonchev–Trinajstić information content (AvgIpc) is 3.41. The third-order valence-corrected chi connectivity index (χ3v) is 16.0. The number of ether oxygens (including phenoxy) is 1. The minimum Gasteiger partial charge on any atom is -0.466 e. The minimum absolute atomic E-state index is 0.000270. The van der Waals surface area contributed by atoms with Crippen LogP contribution in [0.3, 0.4) is 0 Å². The maximum atomic E-state index is 12.5. The number of hydrogen-bond acceptors (Lipinski definition) is 5. The summed E-state index contributed by atoms with van der Waals surface area (Å²) < 4.78 is 5.50. The number of amides is 1. The first-order valence-corrected chi connectivity index (χ1v) is 34.1. The van der Waals surface area contributed by atoms with E-state index in [1.807, 2.05) is 6.08 Å². The summed E-state index contributed by atoms with van der Waals surface area (Å²) in [7, 11) is 0. The van der Waals surface area contributed by atoms with Crippen molar-refractivity contribution in [3.8, 4) is 0 Å². The first kappa shape index (κ1) is 73.3. The van der Waals surface area contributed by atoms with Gasteiger partial charge in [0.25, 0.3) is 0 Å². The molecule has 1 amide bonds. The summed E-state index contributed by atoms with van der Waals surface area (Å²) in [5.41, 5.74) is 0. The molecule has 2 atom stereocenters. The monoisotopic (exact) mass is 1060 g/mol. The first-order valence-electron chi connectivity index (χ1n) is 34.1. The second kappa shape index (κ2) is 64.9. The first-order chi connectivity index (χ1) is 37.0. The smallest absolute Gasteiger partial charge is 0.305 e. The molecule has 0 saturated carbocycles. The number of esters is 1. The largest absolute Gasteiger partial charge is 0.466 e. The molecule has 0 fully saturated rings. The van der Waals surface area contributed by atoms with Crippen molar-refractivity contribution in [3.63, 3.8) is 0 Å². The molecule has 0 spiro atoms. The van der Waals surface area contributed by atoms with Gasteiger partial charge < -0.3 is 20.3 Å². The third kappa shape index (κ3) is 61.4. The van der Waals surface area contributed by atoms with Crippen molar-refractivity contribution in [3.05, 3.63) is 24.3 Å². The summed E-state index contributed by atoms with van der Waals surface area (Å²) in [6, 6.07) is -0.636. The topological polar surface area (TPSA) is 95.9 Å². The van der Waals surface area contributed by atoms with Crippen LogP contribution in [0.5, 0.6) is 0 Å². The summed E-state index contributed by atoms with van der Waals surface area (Å²) >= 11 is 0. The molecule has 0 aliphatic carbocycles. The Kier molecular flexibility index (Phi) is 63.4. The highest BCUT2D eigenvalue weighted by Gasteiger charge is 2.18. The summed E-state index contributed by atoms with van der Waals surface area (Å²) in [5.74, 6) is -0.0720. The van der Waals surface area contributed by atoms with Crippen LogP contribution in [0.25, 0.3) is 0 Å². The maximum Gasteiger partial charge on any atom is 0.305 e. The number of hydrogen-bond donors (Lipinski definition) is 3. The Bertz CT molecular complexity index is 1170. The van der Waals surface area contributed by atoms with Crippen LogP contribution in [0.15, 0.2) is 24.3 Å². The Balaban J connectivity index is 3.44. The lowest BCUT2D eigenvalue weighted by Gasteiger charge is -2.20. The number of allylic oxidation sites excluding steroid dienone is 3. The summed E-state index contributed by atoms with van der Waals surface area (Å²) in [5, 5.41) is 23.3. The van der Waals surface area contributed by atoms with E-state index in [0.29, 0.717) is 19.4 Å². The fourth-order valence-electron chi connectivity index (χ4n) is 10.7. The number of carbonyl (C=O) groups is 2. The van der Waals surface area contributed by atoms with Gasteiger partial charge in [0.05, 0.1) is 25.4 Å². The van der Waals surface area contributed by atoms with Crippen LogP contribution in [-0.4, -0.2) is 47.4 Å². The Labute approximate surface area is 469 Å². The molecule has 0 aliphatic rings. The highest BCUT2D eigenvalue weighted by Crippen LogP contribution is 2.18. The van der Waals surface area contributed by atoms with Gasteiger partial charge in [-0.25, -0.2) is 0 Å². The van der Waals surface area contributed by atoms with Crippen molar-refractivity contribution in [1.82, 2.24) is 5.32 Å². The van der Waals surface area contributed by atoms with E-state index in [4.69, 9.17) is 4.74 Å². The Morgan fingerprint density at radius 3 is 0.947 bits per heavy atom. The minimum atomic E-state index is -0.852. The molecule has 2 unspecified atom stereocenters. The van der Waals surface area contributed by atoms with Gasteiger partial charge in [-0.3, -0.25) is 9.59 Å². The highest BCUT2D eigenvalue weighted by molar-refractivity contribution is 5.76. The number of aliphatic hydroxyl groups excluding tert-OH is 2. The van der Waals surface area contributed by atoms with Crippen molar-refractivity contribution < 1.29 is 24.5 Å². The van der Waals surface area contributed by atoms with Gasteiger partial charge in [0.15, 0.2) is 0 Å². The number of carbonyl (C=O) groups excluding carboxylic acids is 2. The van der Waals surface area contributed by atoms with E-state index < -0.39 is 12.1 Å². The van der Waals surface area contributed by atoms with Crippen molar-refractivity contribution in [1.29, 1.82) is 0 Å². The van der Waals surface area contributed by atoms with Gasteiger partial charge in [-0.05, 0) is 57.8 Å². The lowest BCUT2D eigenvalue weighted by atomic mass is 10.0. The molecule has 6 nitrogen and oxygen atoms in total. The molecule has 0 aliphatic heterocycles. The zero-order valence-electron chi connectivity index (χ0n) is 50.8.